The number of carbonyl (C=O) groups excluding carboxylic acids is 1. The molecule has 0 aliphatic carbocycles. The van der Waals surface area contributed by atoms with Crippen LogP contribution in [0.1, 0.15) is 38.5 Å². The summed E-state index contributed by atoms with van der Waals surface area (Å²) in [5.41, 5.74) is 5.64. The predicted octanol–water partition coefficient (Wildman–Crippen LogP) is 2.70. The molecule has 0 spiro atoms. The number of thiazole rings is 1. The molecule has 0 aliphatic rings. The SMILES string of the molecule is CCCN(Cc1cnc(N)s1)C(CC)C(=O)OCC.Cl. The third kappa shape index (κ3) is 5.64. The Balaban J connectivity index is 0.00000361. The lowest BCUT2D eigenvalue weighted by Crippen LogP contribution is -2.41. The van der Waals surface area contributed by atoms with E-state index in [4.69, 9.17) is 10.5 Å². The summed E-state index contributed by atoms with van der Waals surface area (Å²) < 4.78 is 5.15. The molecule has 0 aromatic carbocycles. The number of nitrogens with zero attached hydrogens (tertiary/aromatic N) is 2. The van der Waals surface area contributed by atoms with E-state index in [1.54, 1.807) is 6.20 Å². The maximum Gasteiger partial charge on any atom is 0.323 e. The van der Waals surface area contributed by atoms with Gasteiger partial charge in [0.05, 0.1) is 6.61 Å². The van der Waals surface area contributed by atoms with E-state index in [0.717, 1.165) is 24.3 Å². The zero-order valence-corrected chi connectivity index (χ0v) is 13.9. The average Bonchev–Trinajstić information content (AvgIpc) is 2.76. The highest BCUT2D eigenvalue weighted by atomic mass is 35.5. The van der Waals surface area contributed by atoms with Crippen LogP contribution in [-0.2, 0) is 16.1 Å². The normalized spacial score (nSPS) is 12.0. The van der Waals surface area contributed by atoms with Crippen LogP contribution in [0.15, 0.2) is 6.20 Å². The monoisotopic (exact) mass is 321 g/mol. The summed E-state index contributed by atoms with van der Waals surface area (Å²) in [5, 5.41) is 0.565. The standard InChI is InChI=1S/C13H23N3O2S.ClH/c1-4-7-16(9-10-8-15-13(14)19-10)11(5-2)12(17)18-6-3;/h8,11H,4-7,9H2,1-3H3,(H2,14,15);1H. The fourth-order valence-corrected chi connectivity index (χ4v) is 2.75. The lowest BCUT2D eigenvalue weighted by atomic mass is 10.1. The van der Waals surface area contributed by atoms with Gasteiger partial charge in [-0.3, -0.25) is 9.69 Å². The Morgan fingerprint density at radius 1 is 1.50 bits per heavy atom. The molecule has 0 radical (unpaired) electrons. The summed E-state index contributed by atoms with van der Waals surface area (Å²) >= 11 is 1.47. The molecule has 0 saturated heterocycles. The number of esters is 1. The maximum atomic E-state index is 12.0. The van der Waals surface area contributed by atoms with Crippen LogP contribution in [0.5, 0.6) is 0 Å². The van der Waals surface area contributed by atoms with E-state index in [9.17, 15) is 4.79 Å². The Bertz CT molecular complexity index is 401. The Morgan fingerprint density at radius 2 is 2.20 bits per heavy atom. The van der Waals surface area contributed by atoms with Gasteiger partial charge < -0.3 is 10.5 Å². The summed E-state index contributed by atoms with van der Waals surface area (Å²) in [5.74, 6) is -0.143. The third-order valence-electron chi connectivity index (χ3n) is 2.83. The smallest absolute Gasteiger partial charge is 0.323 e. The van der Waals surface area contributed by atoms with Gasteiger partial charge in [-0.15, -0.1) is 23.7 Å². The second-order valence-electron chi connectivity index (χ2n) is 4.31. The summed E-state index contributed by atoms with van der Waals surface area (Å²) in [6.45, 7) is 7.91. The maximum absolute atomic E-state index is 12.0. The fraction of sp³-hybridized carbons (Fsp3) is 0.692. The van der Waals surface area contributed by atoms with E-state index in [1.807, 2.05) is 13.8 Å². The molecule has 2 N–H and O–H groups in total. The van der Waals surface area contributed by atoms with Crippen LogP contribution in [0.25, 0.3) is 0 Å². The highest BCUT2D eigenvalue weighted by Gasteiger charge is 2.25. The van der Waals surface area contributed by atoms with Crippen molar-refractivity contribution in [3.05, 3.63) is 11.1 Å². The molecule has 7 heteroatoms. The van der Waals surface area contributed by atoms with Crippen LogP contribution < -0.4 is 5.73 Å². The molecular formula is C13H24ClN3O2S. The van der Waals surface area contributed by atoms with Gasteiger partial charge in [-0.1, -0.05) is 13.8 Å². The molecule has 0 bridgehead atoms. The van der Waals surface area contributed by atoms with Crippen LogP contribution in [0, 0.1) is 0 Å². The van der Waals surface area contributed by atoms with Gasteiger partial charge in [-0.25, -0.2) is 4.98 Å². The first-order valence-corrected chi connectivity index (χ1v) is 7.54. The zero-order valence-electron chi connectivity index (χ0n) is 12.3. The van der Waals surface area contributed by atoms with Crippen molar-refractivity contribution in [3.8, 4) is 0 Å². The lowest BCUT2D eigenvalue weighted by molar-refractivity contribution is -0.150. The topological polar surface area (TPSA) is 68.5 Å². The molecule has 1 rings (SSSR count). The van der Waals surface area contributed by atoms with Gasteiger partial charge in [0.2, 0.25) is 0 Å². The van der Waals surface area contributed by atoms with E-state index >= 15 is 0 Å². The van der Waals surface area contributed by atoms with E-state index in [1.165, 1.54) is 11.3 Å². The molecule has 0 saturated carbocycles. The molecule has 1 unspecified atom stereocenters. The molecule has 116 valence electrons. The molecule has 0 aliphatic heterocycles. The highest BCUT2D eigenvalue weighted by Crippen LogP contribution is 2.19. The first-order valence-electron chi connectivity index (χ1n) is 6.73. The van der Waals surface area contributed by atoms with Crippen molar-refractivity contribution in [2.75, 3.05) is 18.9 Å². The fourth-order valence-electron chi connectivity index (χ4n) is 2.04. The average molecular weight is 322 g/mol. The van der Waals surface area contributed by atoms with Crippen LogP contribution in [0.2, 0.25) is 0 Å². The quantitative estimate of drug-likeness (QED) is 0.746. The molecule has 1 aromatic heterocycles. The van der Waals surface area contributed by atoms with Crippen molar-refractivity contribution < 1.29 is 9.53 Å². The molecule has 1 aromatic rings. The lowest BCUT2D eigenvalue weighted by Gasteiger charge is -2.28. The summed E-state index contributed by atoms with van der Waals surface area (Å²) in [7, 11) is 0. The molecular weight excluding hydrogens is 298 g/mol. The summed E-state index contributed by atoms with van der Waals surface area (Å²) in [6, 6.07) is -0.191. The summed E-state index contributed by atoms with van der Waals surface area (Å²) in [4.78, 5) is 19.3. The van der Waals surface area contributed by atoms with Crippen LogP contribution in [0.4, 0.5) is 5.13 Å². The van der Waals surface area contributed by atoms with Crippen LogP contribution in [-0.4, -0.2) is 35.0 Å². The first-order chi connectivity index (χ1) is 9.12. The molecule has 20 heavy (non-hydrogen) atoms. The number of nitrogens with two attached hydrogens (primary N) is 1. The van der Waals surface area contributed by atoms with E-state index in [0.29, 0.717) is 18.3 Å². The van der Waals surface area contributed by atoms with Gasteiger partial charge in [0.25, 0.3) is 0 Å². The number of aromatic nitrogens is 1. The second-order valence-corrected chi connectivity index (χ2v) is 5.46. The number of ether oxygens (including phenoxy) is 1. The number of anilines is 1. The van der Waals surface area contributed by atoms with Crippen molar-refractivity contribution in [3.63, 3.8) is 0 Å². The minimum atomic E-state index is -0.191. The minimum absolute atomic E-state index is 0. The number of nitrogen functional groups attached to an aromatic ring is 1. The van der Waals surface area contributed by atoms with E-state index in [-0.39, 0.29) is 24.4 Å². The van der Waals surface area contributed by atoms with Gasteiger partial charge in [0.15, 0.2) is 5.13 Å². The Kier molecular flexibility index (Phi) is 9.54. The number of hydrogen-bond donors (Lipinski definition) is 1. The molecule has 1 atom stereocenters. The van der Waals surface area contributed by atoms with Gasteiger partial charge in [0.1, 0.15) is 6.04 Å². The molecule has 0 amide bonds. The summed E-state index contributed by atoms with van der Waals surface area (Å²) in [6.07, 6.45) is 3.51. The van der Waals surface area contributed by atoms with Gasteiger partial charge in [-0.05, 0) is 26.3 Å². The second kappa shape index (κ2) is 9.96. The Hall–Kier alpha value is -0.850. The Morgan fingerprint density at radius 3 is 2.65 bits per heavy atom. The number of carbonyl (C=O) groups is 1. The molecule has 5 nitrogen and oxygen atoms in total. The van der Waals surface area contributed by atoms with Crippen molar-refractivity contribution in [1.29, 1.82) is 0 Å². The highest BCUT2D eigenvalue weighted by molar-refractivity contribution is 7.15. The number of hydrogen-bond acceptors (Lipinski definition) is 6. The van der Waals surface area contributed by atoms with Crippen molar-refractivity contribution in [1.82, 2.24) is 9.88 Å². The number of halogens is 1. The zero-order chi connectivity index (χ0) is 14.3. The third-order valence-corrected chi connectivity index (χ3v) is 3.64. The largest absolute Gasteiger partial charge is 0.465 e. The van der Waals surface area contributed by atoms with Crippen molar-refractivity contribution in [2.24, 2.45) is 0 Å². The van der Waals surface area contributed by atoms with Gasteiger partial charge in [-0.2, -0.15) is 0 Å². The van der Waals surface area contributed by atoms with E-state index < -0.39 is 0 Å². The predicted molar refractivity (Wildman–Crippen MR) is 85.2 cm³/mol. The van der Waals surface area contributed by atoms with Gasteiger partial charge >= 0.3 is 5.97 Å². The van der Waals surface area contributed by atoms with Crippen molar-refractivity contribution in [2.45, 2.75) is 46.2 Å². The minimum Gasteiger partial charge on any atom is -0.465 e. The van der Waals surface area contributed by atoms with Crippen molar-refractivity contribution >= 4 is 34.8 Å². The molecule has 1 heterocycles. The number of rotatable bonds is 8. The first kappa shape index (κ1) is 19.1. The van der Waals surface area contributed by atoms with Crippen LogP contribution in [0.3, 0.4) is 0 Å². The van der Waals surface area contributed by atoms with E-state index in [2.05, 4.69) is 16.8 Å². The van der Waals surface area contributed by atoms with Crippen LogP contribution >= 0.6 is 23.7 Å². The molecule has 0 fully saturated rings. The van der Waals surface area contributed by atoms with Gasteiger partial charge in [0, 0.05) is 17.6 Å². The Labute approximate surface area is 130 Å².